The van der Waals surface area contributed by atoms with Gasteiger partial charge in [-0.05, 0) is 36.8 Å². The number of carbonyl (C=O) groups is 2. The first-order valence-corrected chi connectivity index (χ1v) is 8.08. The first-order valence-electron chi connectivity index (χ1n) is 7.28. The van der Waals surface area contributed by atoms with Crippen LogP contribution in [-0.2, 0) is 9.59 Å². The molecule has 0 spiro atoms. The van der Waals surface area contributed by atoms with E-state index in [0.29, 0.717) is 24.7 Å². The van der Waals surface area contributed by atoms with Crippen LogP contribution in [0.1, 0.15) is 6.42 Å². The summed E-state index contributed by atoms with van der Waals surface area (Å²) in [6.45, 7) is 0.402. The summed E-state index contributed by atoms with van der Waals surface area (Å²) in [5.74, 6) is -3.44. The monoisotopic (exact) mass is 394 g/mol. The average Bonchev–Trinajstić information content (AvgIpc) is 2.92. The Bertz CT molecular complexity index is 813. The summed E-state index contributed by atoms with van der Waals surface area (Å²) in [5, 5.41) is 2.36. The number of benzene rings is 2. The predicted molar refractivity (Wildman–Crippen MR) is 89.6 cm³/mol. The molecule has 0 aliphatic carbocycles. The number of hydrogen-bond acceptors (Lipinski definition) is 2. The predicted octanol–water partition coefficient (Wildman–Crippen LogP) is 3.72. The topological polar surface area (TPSA) is 49.4 Å². The summed E-state index contributed by atoms with van der Waals surface area (Å²) in [6.07, 6.45) is 0.333. The Labute approximate surface area is 145 Å². The fourth-order valence-electron chi connectivity index (χ4n) is 2.63. The molecule has 1 atom stereocenters. The fourth-order valence-corrected chi connectivity index (χ4v) is 3.02. The zero-order chi connectivity index (χ0) is 17.3. The summed E-state index contributed by atoms with van der Waals surface area (Å²) < 4.78 is 27.4. The smallest absolute Gasteiger partial charge is 0.239 e. The fraction of sp³-hybridized carbons (Fsp3) is 0.176. The summed E-state index contributed by atoms with van der Waals surface area (Å²) in [5.41, 5.74) is 0.549. The molecular formula is C17H13BrF2N2O2. The van der Waals surface area contributed by atoms with E-state index < -0.39 is 23.5 Å². The molecule has 3 rings (SSSR count). The van der Waals surface area contributed by atoms with Gasteiger partial charge in [0, 0.05) is 22.8 Å². The zero-order valence-corrected chi connectivity index (χ0v) is 14.0. The summed E-state index contributed by atoms with van der Waals surface area (Å²) in [4.78, 5) is 26.3. The number of anilines is 2. The average molecular weight is 395 g/mol. The second-order valence-corrected chi connectivity index (χ2v) is 6.34. The molecule has 0 bridgehead atoms. The molecule has 24 heavy (non-hydrogen) atoms. The van der Waals surface area contributed by atoms with Gasteiger partial charge in [-0.2, -0.15) is 0 Å². The molecular weight excluding hydrogens is 382 g/mol. The van der Waals surface area contributed by atoms with E-state index in [9.17, 15) is 18.4 Å². The maximum absolute atomic E-state index is 13.6. The number of rotatable bonds is 3. The Kier molecular flexibility index (Phi) is 4.62. The molecule has 124 valence electrons. The largest absolute Gasteiger partial charge is 0.323 e. The highest BCUT2D eigenvalue weighted by Gasteiger charge is 2.37. The maximum Gasteiger partial charge on any atom is 0.239 e. The van der Waals surface area contributed by atoms with Crippen LogP contribution in [-0.4, -0.2) is 18.4 Å². The van der Waals surface area contributed by atoms with Gasteiger partial charge in [-0.3, -0.25) is 9.59 Å². The molecule has 1 heterocycles. The number of nitrogens with zero attached hydrogens (tertiary/aromatic N) is 1. The molecule has 1 aliphatic rings. The molecule has 4 nitrogen and oxygen atoms in total. The van der Waals surface area contributed by atoms with E-state index in [1.165, 1.54) is 4.90 Å². The summed E-state index contributed by atoms with van der Waals surface area (Å²) in [6, 6.07) is 10.1. The molecule has 7 heteroatoms. The van der Waals surface area contributed by atoms with Gasteiger partial charge in [0.15, 0.2) is 0 Å². The molecule has 1 N–H and O–H groups in total. The van der Waals surface area contributed by atoms with Crippen molar-refractivity contribution in [3.05, 3.63) is 58.6 Å². The van der Waals surface area contributed by atoms with Crippen LogP contribution in [0.4, 0.5) is 20.2 Å². The van der Waals surface area contributed by atoms with Crippen LogP contribution in [0.2, 0.25) is 0 Å². The quantitative estimate of drug-likeness (QED) is 0.806. The molecule has 0 saturated carbocycles. The number of halogens is 3. The van der Waals surface area contributed by atoms with Crippen LogP contribution in [0, 0.1) is 17.6 Å². The van der Waals surface area contributed by atoms with Gasteiger partial charge in [0.2, 0.25) is 11.8 Å². The Morgan fingerprint density at radius 3 is 2.71 bits per heavy atom. The van der Waals surface area contributed by atoms with Crippen LogP contribution in [0.15, 0.2) is 46.9 Å². The van der Waals surface area contributed by atoms with Gasteiger partial charge >= 0.3 is 0 Å². The van der Waals surface area contributed by atoms with Crippen molar-refractivity contribution in [2.45, 2.75) is 6.42 Å². The SMILES string of the molecule is O=C(Nc1ccc(F)cc1F)[C@H]1CCN(c2cccc(Br)c2)C1=O. The van der Waals surface area contributed by atoms with Crippen molar-refractivity contribution in [3.8, 4) is 0 Å². The van der Waals surface area contributed by atoms with Crippen molar-refractivity contribution in [1.29, 1.82) is 0 Å². The first-order chi connectivity index (χ1) is 11.5. The minimum absolute atomic E-state index is 0.143. The molecule has 2 amide bonds. The number of hydrogen-bond donors (Lipinski definition) is 1. The van der Waals surface area contributed by atoms with Gasteiger partial charge < -0.3 is 10.2 Å². The molecule has 0 radical (unpaired) electrons. The Morgan fingerprint density at radius 2 is 2.00 bits per heavy atom. The van der Waals surface area contributed by atoms with E-state index in [4.69, 9.17) is 0 Å². The second-order valence-electron chi connectivity index (χ2n) is 5.42. The number of amides is 2. The number of nitrogens with one attached hydrogen (secondary N) is 1. The van der Waals surface area contributed by atoms with Crippen LogP contribution >= 0.6 is 15.9 Å². The summed E-state index contributed by atoms with van der Waals surface area (Å²) >= 11 is 3.34. The van der Waals surface area contributed by atoms with Gasteiger partial charge in [-0.25, -0.2) is 8.78 Å². The van der Waals surface area contributed by atoms with Crippen molar-refractivity contribution in [2.24, 2.45) is 5.92 Å². The molecule has 2 aromatic carbocycles. The molecule has 0 aromatic heterocycles. The molecule has 1 fully saturated rings. The zero-order valence-electron chi connectivity index (χ0n) is 12.4. The third kappa shape index (κ3) is 3.31. The van der Waals surface area contributed by atoms with E-state index in [1.54, 1.807) is 18.2 Å². The standard InChI is InChI=1S/C17H13BrF2N2O2/c18-10-2-1-3-12(8-10)22-7-6-13(17(22)24)16(23)21-15-5-4-11(19)9-14(15)20/h1-5,8-9,13H,6-7H2,(H,21,23)/t13-/m1/s1. The van der Waals surface area contributed by atoms with Crippen LogP contribution in [0.25, 0.3) is 0 Å². The van der Waals surface area contributed by atoms with Crippen LogP contribution in [0.5, 0.6) is 0 Å². The Balaban J connectivity index is 1.74. The van der Waals surface area contributed by atoms with Crippen molar-refractivity contribution >= 4 is 39.1 Å². The maximum atomic E-state index is 13.6. The lowest BCUT2D eigenvalue weighted by Crippen LogP contribution is -2.33. The second kappa shape index (κ2) is 6.68. The number of carbonyl (C=O) groups excluding carboxylic acids is 2. The first kappa shape index (κ1) is 16.6. The van der Waals surface area contributed by atoms with E-state index in [-0.39, 0.29) is 11.6 Å². The molecule has 2 aromatic rings. The molecule has 1 aliphatic heterocycles. The Morgan fingerprint density at radius 1 is 1.21 bits per heavy atom. The van der Waals surface area contributed by atoms with Crippen LogP contribution < -0.4 is 10.2 Å². The highest BCUT2D eigenvalue weighted by atomic mass is 79.9. The van der Waals surface area contributed by atoms with Gasteiger partial charge in [0.1, 0.15) is 17.6 Å². The molecule has 0 unspecified atom stereocenters. The minimum atomic E-state index is -0.895. The molecule has 1 saturated heterocycles. The highest BCUT2D eigenvalue weighted by molar-refractivity contribution is 9.10. The highest BCUT2D eigenvalue weighted by Crippen LogP contribution is 2.28. The lowest BCUT2D eigenvalue weighted by Gasteiger charge is -2.17. The minimum Gasteiger partial charge on any atom is -0.323 e. The van der Waals surface area contributed by atoms with Gasteiger partial charge in [-0.15, -0.1) is 0 Å². The van der Waals surface area contributed by atoms with Crippen molar-refractivity contribution in [1.82, 2.24) is 0 Å². The van der Waals surface area contributed by atoms with Crippen molar-refractivity contribution in [3.63, 3.8) is 0 Å². The Hall–Kier alpha value is -2.28. The van der Waals surface area contributed by atoms with Crippen LogP contribution in [0.3, 0.4) is 0 Å². The van der Waals surface area contributed by atoms with Gasteiger partial charge in [-0.1, -0.05) is 22.0 Å². The lowest BCUT2D eigenvalue weighted by molar-refractivity contribution is -0.129. The van der Waals surface area contributed by atoms with E-state index in [1.807, 2.05) is 6.07 Å². The third-order valence-electron chi connectivity index (χ3n) is 3.83. The normalized spacial score (nSPS) is 17.2. The third-order valence-corrected chi connectivity index (χ3v) is 4.32. The van der Waals surface area contributed by atoms with E-state index in [2.05, 4.69) is 21.2 Å². The van der Waals surface area contributed by atoms with Gasteiger partial charge in [0.05, 0.1) is 5.69 Å². The van der Waals surface area contributed by atoms with Crippen molar-refractivity contribution in [2.75, 3.05) is 16.8 Å². The van der Waals surface area contributed by atoms with Gasteiger partial charge in [0.25, 0.3) is 0 Å². The van der Waals surface area contributed by atoms with E-state index in [0.717, 1.165) is 16.6 Å². The van der Waals surface area contributed by atoms with E-state index >= 15 is 0 Å². The lowest BCUT2D eigenvalue weighted by atomic mass is 10.1. The summed E-state index contributed by atoms with van der Waals surface area (Å²) in [7, 11) is 0. The van der Waals surface area contributed by atoms with Crippen molar-refractivity contribution < 1.29 is 18.4 Å².